The fraction of sp³-hybridized carbons (Fsp3) is 1.00. The van der Waals surface area contributed by atoms with Crippen LogP contribution in [0.2, 0.25) is 0 Å². The monoisotopic (exact) mass is 311 g/mol. The van der Waals surface area contributed by atoms with Gasteiger partial charge in [-0.1, -0.05) is 6.92 Å². The Balaban J connectivity index is 1.93. The van der Waals surface area contributed by atoms with E-state index < -0.39 is 12.6 Å². The molecule has 0 aromatic carbocycles. The lowest BCUT2D eigenvalue weighted by Crippen LogP contribution is -2.47. The summed E-state index contributed by atoms with van der Waals surface area (Å²) in [5.74, 6) is 2.42. The predicted molar refractivity (Wildman–Crippen MR) is 76.1 cm³/mol. The highest BCUT2D eigenvalue weighted by Gasteiger charge is 2.42. The molecule has 0 aromatic rings. The summed E-state index contributed by atoms with van der Waals surface area (Å²) in [6.45, 7) is 3.38. The van der Waals surface area contributed by atoms with Crippen molar-refractivity contribution in [1.82, 2.24) is 5.32 Å². The van der Waals surface area contributed by atoms with E-state index in [9.17, 15) is 13.2 Å². The van der Waals surface area contributed by atoms with Gasteiger partial charge in [0.25, 0.3) is 0 Å². The molecule has 0 aromatic heterocycles. The van der Waals surface area contributed by atoms with Crippen molar-refractivity contribution < 1.29 is 17.9 Å². The topological polar surface area (TPSA) is 21.3 Å². The van der Waals surface area contributed by atoms with Crippen LogP contribution in [0.4, 0.5) is 13.2 Å². The first-order chi connectivity index (χ1) is 9.44. The molecule has 2 aliphatic heterocycles. The number of rotatable bonds is 5. The summed E-state index contributed by atoms with van der Waals surface area (Å²) in [6.07, 6.45) is -1.72. The zero-order valence-corrected chi connectivity index (χ0v) is 12.8. The third-order valence-corrected chi connectivity index (χ3v) is 5.60. The van der Waals surface area contributed by atoms with E-state index in [1.807, 2.05) is 18.7 Å². The second kappa shape index (κ2) is 6.88. The summed E-state index contributed by atoms with van der Waals surface area (Å²) in [6, 6.07) is -0.0343. The number of halogens is 3. The summed E-state index contributed by atoms with van der Waals surface area (Å²) >= 11 is 1.90. The minimum Gasteiger partial charge on any atom is -0.374 e. The van der Waals surface area contributed by atoms with Crippen LogP contribution in [0.3, 0.4) is 0 Å². The Kier molecular flexibility index (Phi) is 5.65. The Morgan fingerprint density at radius 3 is 2.85 bits per heavy atom. The van der Waals surface area contributed by atoms with Crippen LogP contribution in [0.5, 0.6) is 0 Å². The third kappa shape index (κ3) is 4.53. The fourth-order valence-electron chi connectivity index (χ4n) is 3.36. The summed E-state index contributed by atoms with van der Waals surface area (Å²) in [4.78, 5) is 0. The van der Waals surface area contributed by atoms with Gasteiger partial charge in [0.05, 0.1) is 5.60 Å². The van der Waals surface area contributed by atoms with Crippen molar-refractivity contribution in [2.24, 2.45) is 5.92 Å². The lowest BCUT2D eigenvalue weighted by molar-refractivity contribution is -0.139. The van der Waals surface area contributed by atoms with Crippen molar-refractivity contribution in [2.45, 2.75) is 56.8 Å². The fourth-order valence-corrected chi connectivity index (χ4v) is 4.74. The average molecular weight is 311 g/mol. The number of hydrogen-bond acceptors (Lipinski definition) is 3. The molecule has 6 heteroatoms. The van der Waals surface area contributed by atoms with Gasteiger partial charge in [0.2, 0.25) is 0 Å². The first-order valence-electron chi connectivity index (χ1n) is 7.46. The molecule has 3 atom stereocenters. The lowest BCUT2D eigenvalue weighted by atomic mass is 9.80. The van der Waals surface area contributed by atoms with Crippen LogP contribution in [0.25, 0.3) is 0 Å². The van der Waals surface area contributed by atoms with Crippen LogP contribution in [0.15, 0.2) is 0 Å². The SMILES string of the molecule is CCNC(CCC(F)(F)F)C1CCOC2(CCSC2)C1. The molecule has 0 aliphatic carbocycles. The van der Waals surface area contributed by atoms with Crippen molar-refractivity contribution in [1.29, 1.82) is 0 Å². The molecule has 3 unspecified atom stereocenters. The molecule has 0 bridgehead atoms. The van der Waals surface area contributed by atoms with E-state index in [0.717, 1.165) is 37.3 Å². The van der Waals surface area contributed by atoms with Gasteiger partial charge in [-0.05, 0) is 43.9 Å². The van der Waals surface area contributed by atoms with E-state index in [0.29, 0.717) is 12.5 Å². The van der Waals surface area contributed by atoms with E-state index in [1.165, 1.54) is 0 Å². The summed E-state index contributed by atoms with van der Waals surface area (Å²) in [7, 11) is 0. The predicted octanol–water partition coefficient (Wildman–Crippen LogP) is 3.61. The van der Waals surface area contributed by atoms with Gasteiger partial charge in [0.15, 0.2) is 0 Å². The van der Waals surface area contributed by atoms with Gasteiger partial charge in [-0.15, -0.1) is 0 Å². The van der Waals surface area contributed by atoms with E-state index in [1.54, 1.807) is 0 Å². The highest BCUT2D eigenvalue weighted by Crippen LogP contribution is 2.42. The van der Waals surface area contributed by atoms with Gasteiger partial charge in [-0.3, -0.25) is 0 Å². The standard InChI is InChI=1S/C14H24F3NOS/c1-2-18-12(3-5-14(15,16)17)11-4-7-19-13(9-11)6-8-20-10-13/h11-12,18H,2-10H2,1H3. The molecule has 2 rings (SSSR count). The highest BCUT2D eigenvalue weighted by atomic mass is 32.2. The minimum absolute atomic E-state index is 0.0343. The van der Waals surface area contributed by atoms with Gasteiger partial charge in [0, 0.05) is 24.8 Å². The smallest absolute Gasteiger partial charge is 0.374 e. The van der Waals surface area contributed by atoms with E-state index >= 15 is 0 Å². The Hall–Kier alpha value is 0.0600. The van der Waals surface area contributed by atoms with Crippen LogP contribution in [-0.4, -0.2) is 42.5 Å². The summed E-state index contributed by atoms with van der Waals surface area (Å²) in [5.41, 5.74) is -0.0561. The van der Waals surface area contributed by atoms with Crippen LogP contribution < -0.4 is 5.32 Å². The lowest BCUT2D eigenvalue weighted by Gasteiger charge is -2.41. The molecular formula is C14H24F3NOS. The van der Waals surface area contributed by atoms with Crippen molar-refractivity contribution in [3.8, 4) is 0 Å². The van der Waals surface area contributed by atoms with E-state index in [-0.39, 0.29) is 18.1 Å². The molecule has 2 nitrogen and oxygen atoms in total. The largest absolute Gasteiger partial charge is 0.389 e. The molecule has 118 valence electrons. The molecule has 0 amide bonds. The molecule has 0 saturated carbocycles. The van der Waals surface area contributed by atoms with E-state index in [2.05, 4.69) is 5.32 Å². The molecule has 2 aliphatic rings. The summed E-state index contributed by atoms with van der Waals surface area (Å²) < 4.78 is 43.3. The Morgan fingerprint density at radius 1 is 1.45 bits per heavy atom. The maximum atomic E-state index is 12.5. The van der Waals surface area contributed by atoms with Gasteiger partial charge in [-0.2, -0.15) is 24.9 Å². The first-order valence-corrected chi connectivity index (χ1v) is 8.61. The molecule has 2 saturated heterocycles. The molecule has 1 spiro atoms. The van der Waals surface area contributed by atoms with Crippen LogP contribution in [0.1, 0.15) is 39.0 Å². The minimum atomic E-state index is -4.06. The van der Waals surface area contributed by atoms with Crippen molar-refractivity contribution in [2.75, 3.05) is 24.7 Å². The maximum absolute atomic E-state index is 12.5. The van der Waals surface area contributed by atoms with Crippen molar-refractivity contribution >= 4 is 11.8 Å². The van der Waals surface area contributed by atoms with Gasteiger partial charge in [-0.25, -0.2) is 0 Å². The summed E-state index contributed by atoms with van der Waals surface area (Å²) in [5, 5.41) is 3.27. The molecule has 0 radical (unpaired) electrons. The van der Waals surface area contributed by atoms with Crippen molar-refractivity contribution in [3.05, 3.63) is 0 Å². The van der Waals surface area contributed by atoms with Crippen LogP contribution >= 0.6 is 11.8 Å². The van der Waals surface area contributed by atoms with E-state index in [4.69, 9.17) is 4.74 Å². The second-order valence-electron chi connectivity index (χ2n) is 5.90. The van der Waals surface area contributed by atoms with Crippen LogP contribution in [0, 0.1) is 5.92 Å². The van der Waals surface area contributed by atoms with Gasteiger partial charge in [0.1, 0.15) is 0 Å². The zero-order chi connectivity index (χ0) is 14.6. The Labute approximate surface area is 123 Å². The van der Waals surface area contributed by atoms with Gasteiger partial charge < -0.3 is 10.1 Å². The van der Waals surface area contributed by atoms with Crippen LogP contribution in [-0.2, 0) is 4.74 Å². The number of alkyl halides is 3. The molecular weight excluding hydrogens is 287 g/mol. The normalized spacial score (nSPS) is 32.7. The maximum Gasteiger partial charge on any atom is 0.389 e. The molecule has 2 fully saturated rings. The number of thioether (sulfide) groups is 1. The Bertz CT molecular complexity index is 305. The molecule has 1 N–H and O–H groups in total. The first kappa shape index (κ1) is 16.4. The molecule has 2 heterocycles. The number of nitrogens with one attached hydrogen (secondary N) is 1. The quantitative estimate of drug-likeness (QED) is 0.838. The third-order valence-electron chi connectivity index (χ3n) is 4.37. The second-order valence-corrected chi connectivity index (χ2v) is 7.01. The highest BCUT2D eigenvalue weighted by molar-refractivity contribution is 7.99. The van der Waals surface area contributed by atoms with Gasteiger partial charge >= 0.3 is 6.18 Å². The number of hydrogen-bond donors (Lipinski definition) is 1. The zero-order valence-electron chi connectivity index (χ0n) is 12.0. The average Bonchev–Trinajstić information content (AvgIpc) is 2.81. The number of ether oxygens (including phenoxy) is 1. The molecule has 20 heavy (non-hydrogen) atoms. The van der Waals surface area contributed by atoms with Crippen molar-refractivity contribution in [3.63, 3.8) is 0 Å². The Morgan fingerprint density at radius 2 is 2.25 bits per heavy atom.